The molecule has 174 valence electrons. The second-order valence-electron chi connectivity index (χ2n) is 8.04. The van der Waals surface area contributed by atoms with Crippen molar-refractivity contribution in [2.45, 2.75) is 19.4 Å². The number of hydrogen-bond acceptors (Lipinski definition) is 6. The van der Waals surface area contributed by atoms with E-state index < -0.39 is 5.92 Å². The molecule has 0 amide bonds. The van der Waals surface area contributed by atoms with Crippen LogP contribution in [0.15, 0.2) is 90.3 Å². The molecule has 1 aliphatic rings. The van der Waals surface area contributed by atoms with Crippen LogP contribution >= 0.6 is 0 Å². The summed E-state index contributed by atoms with van der Waals surface area (Å²) in [6, 6.07) is 27.6. The third-order valence-corrected chi connectivity index (χ3v) is 5.85. The molecule has 7 nitrogen and oxygen atoms in total. The van der Waals surface area contributed by atoms with Gasteiger partial charge in [-0.2, -0.15) is 5.26 Å². The van der Waals surface area contributed by atoms with Crippen molar-refractivity contribution < 1.29 is 14.2 Å². The highest BCUT2D eigenvalue weighted by Gasteiger charge is 2.35. The van der Waals surface area contributed by atoms with Gasteiger partial charge in [-0.25, -0.2) is 0 Å². The summed E-state index contributed by atoms with van der Waals surface area (Å²) in [6.45, 7) is 3.00. The maximum absolute atomic E-state index is 9.91. The van der Waals surface area contributed by atoms with Crippen LogP contribution < -0.4 is 19.9 Å². The molecule has 0 unspecified atom stereocenters. The minimum absolute atomic E-state index is 0.0570. The molecule has 3 N–H and O–H groups in total. The summed E-state index contributed by atoms with van der Waals surface area (Å²) in [5, 5.41) is 17.3. The first-order valence-corrected chi connectivity index (χ1v) is 11.3. The number of aromatic amines is 1. The Morgan fingerprint density at radius 3 is 2.34 bits per heavy atom. The van der Waals surface area contributed by atoms with Crippen LogP contribution in [0.4, 0.5) is 0 Å². The van der Waals surface area contributed by atoms with Crippen molar-refractivity contribution in [3.63, 3.8) is 0 Å². The van der Waals surface area contributed by atoms with Gasteiger partial charge < -0.3 is 19.9 Å². The number of rotatable bonds is 7. The summed E-state index contributed by atoms with van der Waals surface area (Å²) in [6.07, 6.45) is 0. The Kier molecular flexibility index (Phi) is 6.10. The fraction of sp³-hybridized carbons (Fsp3) is 0.143. The molecule has 0 saturated carbocycles. The van der Waals surface area contributed by atoms with Gasteiger partial charge in [-0.3, -0.25) is 5.10 Å². The standard InChI is InChI=1S/C28H24N4O3/c1-2-33-21-12-8-19(9-13-21)24-23(16-29)27(30)35-28-25(24)26(31-32-28)20-10-14-22(15-11-20)34-17-18-6-4-3-5-7-18/h3-15,24H,2,17,30H2,1H3,(H,31,32)/t24-/m1/s1. The molecule has 1 aromatic heterocycles. The molecule has 2 heterocycles. The predicted octanol–water partition coefficient (Wildman–Crippen LogP) is 5.27. The van der Waals surface area contributed by atoms with E-state index in [2.05, 4.69) is 16.3 Å². The second kappa shape index (κ2) is 9.65. The Hall–Kier alpha value is -4.70. The van der Waals surface area contributed by atoms with E-state index in [0.29, 0.717) is 24.7 Å². The van der Waals surface area contributed by atoms with Gasteiger partial charge in [0.25, 0.3) is 0 Å². The first kappa shape index (κ1) is 22.1. The fourth-order valence-corrected chi connectivity index (χ4v) is 4.18. The van der Waals surface area contributed by atoms with Crippen molar-refractivity contribution in [2.24, 2.45) is 5.73 Å². The molecule has 5 rings (SSSR count). The Balaban J connectivity index is 1.47. The highest BCUT2D eigenvalue weighted by atomic mass is 16.5. The van der Waals surface area contributed by atoms with Crippen LogP contribution in [-0.4, -0.2) is 16.8 Å². The van der Waals surface area contributed by atoms with Crippen LogP contribution in [0.3, 0.4) is 0 Å². The molecule has 0 aliphatic carbocycles. The van der Waals surface area contributed by atoms with Crippen LogP contribution in [-0.2, 0) is 6.61 Å². The third-order valence-electron chi connectivity index (χ3n) is 5.85. The molecule has 0 saturated heterocycles. The SMILES string of the molecule is CCOc1ccc([C@@H]2C(C#N)=C(N)Oc3n[nH]c(-c4ccc(OCc5ccccc5)cc4)c32)cc1. The zero-order valence-electron chi connectivity index (χ0n) is 19.2. The van der Waals surface area contributed by atoms with Crippen molar-refractivity contribution in [3.8, 4) is 34.7 Å². The minimum Gasteiger partial charge on any atom is -0.494 e. The van der Waals surface area contributed by atoms with Gasteiger partial charge >= 0.3 is 0 Å². The van der Waals surface area contributed by atoms with Crippen LogP contribution in [0.1, 0.15) is 29.5 Å². The van der Waals surface area contributed by atoms with E-state index in [9.17, 15) is 5.26 Å². The number of nitriles is 1. The van der Waals surface area contributed by atoms with Gasteiger partial charge in [0, 0.05) is 5.56 Å². The minimum atomic E-state index is -0.429. The van der Waals surface area contributed by atoms with Crippen molar-refractivity contribution in [2.75, 3.05) is 6.61 Å². The highest BCUT2D eigenvalue weighted by molar-refractivity contribution is 5.71. The van der Waals surface area contributed by atoms with E-state index in [-0.39, 0.29) is 5.88 Å². The Morgan fingerprint density at radius 2 is 1.66 bits per heavy atom. The number of allylic oxidation sites excluding steroid dienone is 1. The van der Waals surface area contributed by atoms with Gasteiger partial charge in [0.15, 0.2) is 0 Å². The molecule has 35 heavy (non-hydrogen) atoms. The largest absolute Gasteiger partial charge is 0.494 e. The lowest BCUT2D eigenvalue weighted by Gasteiger charge is -2.24. The molecule has 7 heteroatoms. The lowest BCUT2D eigenvalue weighted by molar-refractivity contribution is 0.306. The molecule has 4 aromatic rings. The normalized spacial score (nSPS) is 14.6. The first-order chi connectivity index (χ1) is 17.2. The Bertz CT molecular complexity index is 1390. The maximum Gasteiger partial charge on any atom is 0.244 e. The van der Waals surface area contributed by atoms with Gasteiger partial charge in [-0.1, -0.05) is 42.5 Å². The van der Waals surface area contributed by atoms with E-state index in [1.165, 1.54) is 0 Å². The van der Waals surface area contributed by atoms with Crippen LogP contribution in [0.2, 0.25) is 0 Å². The summed E-state index contributed by atoms with van der Waals surface area (Å²) < 4.78 is 17.2. The van der Waals surface area contributed by atoms with Crippen molar-refractivity contribution in [1.82, 2.24) is 10.2 Å². The van der Waals surface area contributed by atoms with Gasteiger partial charge in [0.05, 0.1) is 23.8 Å². The van der Waals surface area contributed by atoms with Crippen LogP contribution in [0.25, 0.3) is 11.3 Å². The van der Waals surface area contributed by atoms with E-state index in [1.54, 1.807) is 0 Å². The highest BCUT2D eigenvalue weighted by Crippen LogP contribution is 2.45. The molecule has 0 fully saturated rings. The monoisotopic (exact) mass is 464 g/mol. The van der Waals surface area contributed by atoms with Gasteiger partial charge in [0.2, 0.25) is 11.8 Å². The Labute approximate surface area is 203 Å². The number of nitrogens with one attached hydrogen (secondary N) is 1. The van der Waals surface area contributed by atoms with Gasteiger partial charge in [-0.15, -0.1) is 5.10 Å². The maximum atomic E-state index is 9.91. The average Bonchev–Trinajstić information content (AvgIpc) is 3.31. The molecule has 1 aliphatic heterocycles. The number of nitrogens with zero attached hydrogens (tertiary/aromatic N) is 2. The summed E-state index contributed by atoms with van der Waals surface area (Å²) in [7, 11) is 0. The number of nitrogens with two attached hydrogens (primary N) is 1. The van der Waals surface area contributed by atoms with E-state index in [0.717, 1.165) is 39.4 Å². The zero-order chi connectivity index (χ0) is 24.2. The van der Waals surface area contributed by atoms with Crippen LogP contribution in [0, 0.1) is 11.3 Å². The molecule has 0 spiro atoms. The smallest absolute Gasteiger partial charge is 0.244 e. The van der Waals surface area contributed by atoms with Crippen molar-refractivity contribution in [3.05, 3.63) is 107 Å². The zero-order valence-corrected chi connectivity index (χ0v) is 19.2. The molecular formula is C28H24N4O3. The lowest BCUT2D eigenvalue weighted by Crippen LogP contribution is -2.21. The quantitative estimate of drug-likeness (QED) is 0.386. The summed E-state index contributed by atoms with van der Waals surface area (Å²) in [4.78, 5) is 0. The summed E-state index contributed by atoms with van der Waals surface area (Å²) in [5.41, 5.74) is 10.8. The molecule has 1 atom stereocenters. The number of aromatic nitrogens is 2. The lowest BCUT2D eigenvalue weighted by atomic mass is 9.83. The average molecular weight is 465 g/mol. The van der Waals surface area contributed by atoms with E-state index >= 15 is 0 Å². The number of hydrogen-bond donors (Lipinski definition) is 2. The summed E-state index contributed by atoms with van der Waals surface area (Å²) in [5.74, 6) is 1.51. The molecule has 0 radical (unpaired) electrons. The number of fused-ring (bicyclic) bond motifs is 1. The number of ether oxygens (including phenoxy) is 3. The topological polar surface area (TPSA) is 106 Å². The van der Waals surface area contributed by atoms with Gasteiger partial charge in [0.1, 0.15) is 29.7 Å². The number of H-pyrrole nitrogens is 1. The Morgan fingerprint density at radius 1 is 0.971 bits per heavy atom. The predicted molar refractivity (Wildman–Crippen MR) is 132 cm³/mol. The summed E-state index contributed by atoms with van der Waals surface area (Å²) >= 11 is 0. The third kappa shape index (κ3) is 4.42. The molecule has 3 aromatic carbocycles. The van der Waals surface area contributed by atoms with Crippen molar-refractivity contribution in [1.29, 1.82) is 5.26 Å². The molecule has 0 bridgehead atoms. The molecular weight excluding hydrogens is 440 g/mol. The van der Waals surface area contributed by atoms with E-state index in [1.807, 2.05) is 85.8 Å². The van der Waals surface area contributed by atoms with Crippen molar-refractivity contribution >= 4 is 0 Å². The van der Waals surface area contributed by atoms with E-state index in [4.69, 9.17) is 19.9 Å². The first-order valence-electron chi connectivity index (χ1n) is 11.3. The van der Waals surface area contributed by atoms with Gasteiger partial charge in [-0.05, 0) is 54.4 Å². The second-order valence-corrected chi connectivity index (χ2v) is 8.04. The fourth-order valence-electron chi connectivity index (χ4n) is 4.18. The van der Waals surface area contributed by atoms with Crippen LogP contribution in [0.5, 0.6) is 17.4 Å². The number of benzene rings is 3.